The minimum absolute atomic E-state index is 0.129. The van der Waals surface area contributed by atoms with Gasteiger partial charge in [-0.05, 0) is 68.3 Å². The van der Waals surface area contributed by atoms with Gasteiger partial charge in [-0.3, -0.25) is 9.10 Å². The summed E-state index contributed by atoms with van der Waals surface area (Å²) in [4.78, 5) is 13.0. The maximum atomic E-state index is 13.5. The van der Waals surface area contributed by atoms with Gasteiger partial charge in [0.2, 0.25) is 5.91 Å². The zero-order valence-electron chi connectivity index (χ0n) is 19.4. The first-order valence-corrected chi connectivity index (χ1v) is 12.5. The molecule has 1 aliphatic rings. The number of para-hydroxylation sites is 2. The fourth-order valence-electron chi connectivity index (χ4n) is 3.61. The average Bonchev–Trinajstić information content (AvgIpc) is 2.83. The number of nitrogens with zero attached hydrogens (tertiary/aromatic N) is 1. The fourth-order valence-corrected chi connectivity index (χ4v) is 5.02. The highest BCUT2D eigenvalue weighted by Crippen LogP contribution is 2.31. The van der Waals surface area contributed by atoms with Gasteiger partial charge in [-0.2, -0.15) is 0 Å². The number of carbonyl (C=O) groups excluding carboxylic acids is 1. The molecule has 0 saturated carbocycles. The zero-order chi connectivity index (χ0) is 24.3. The minimum atomic E-state index is -3.96. The summed E-state index contributed by atoms with van der Waals surface area (Å²) in [6.45, 7) is 5.88. The van der Waals surface area contributed by atoms with Gasteiger partial charge in [-0.25, -0.2) is 8.42 Å². The van der Waals surface area contributed by atoms with Gasteiger partial charge in [0.05, 0.1) is 17.1 Å². The number of hydrogen-bond donors (Lipinski definition) is 1. The van der Waals surface area contributed by atoms with E-state index in [2.05, 4.69) is 5.32 Å². The Labute approximate surface area is 200 Å². The summed E-state index contributed by atoms with van der Waals surface area (Å²) in [7, 11) is -3.96. The van der Waals surface area contributed by atoms with Gasteiger partial charge in [-0.15, -0.1) is 0 Å². The second kappa shape index (κ2) is 9.77. The Balaban J connectivity index is 1.52. The Morgan fingerprint density at radius 2 is 1.68 bits per heavy atom. The molecular formula is C26H28N2O5S. The second-order valence-corrected chi connectivity index (χ2v) is 10.3. The van der Waals surface area contributed by atoms with Gasteiger partial charge in [0.1, 0.15) is 19.3 Å². The first-order chi connectivity index (χ1) is 16.2. The van der Waals surface area contributed by atoms with Crippen LogP contribution in [0.25, 0.3) is 0 Å². The molecule has 1 aliphatic heterocycles. The third-order valence-corrected chi connectivity index (χ3v) is 7.56. The molecule has 0 unspecified atom stereocenters. The molecule has 1 heterocycles. The molecule has 1 amide bonds. The number of aryl methyl sites for hydroxylation is 3. The van der Waals surface area contributed by atoms with Crippen molar-refractivity contribution in [1.82, 2.24) is 5.32 Å². The molecule has 0 radical (unpaired) electrons. The van der Waals surface area contributed by atoms with Crippen molar-refractivity contribution in [2.75, 3.05) is 24.0 Å². The lowest BCUT2D eigenvalue weighted by Gasteiger charge is -2.28. The summed E-state index contributed by atoms with van der Waals surface area (Å²) < 4.78 is 39.7. The van der Waals surface area contributed by atoms with Crippen LogP contribution in [0, 0.1) is 20.8 Å². The smallest absolute Gasteiger partial charge is 0.264 e. The highest BCUT2D eigenvalue weighted by molar-refractivity contribution is 7.92. The molecule has 4 rings (SSSR count). The molecule has 0 saturated heterocycles. The normalized spacial score (nSPS) is 15.0. The van der Waals surface area contributed by atoms with Gasteiger partial charge in [-0.1, -0.05) is 35.9 Å². The summed E-state index contributed by atoms with van der Waals surface area (Å²) in [5, 5.41) is 2.79. The third kappa shape index (κ3) is 5.17. The van der Waals surface area contributed by atoms with E-state index in [1.165, 1.54) is 0 Å². The van der Waals surface area contributed by atoms with Crippen molar-refractivity contribution >= 4 is 21.6 Å². The van der Waals surface area contributed by atoms with E-state index in [-0.39, 0.29) is 24.1 Å². The van der Waals surface area contributed by atoms with E-state index in [0.29, 0.717) is 23.8 Å². The first kappa shape index (κ1) is 23.6. The Hall–Kier alpha value is -3.52. The van der Waals surface area contributed by atoms with Crippen molar-refractivity contribution < 1.29 is 22.7 Å². The van der Waals surface area contributed by atoms with Crippen molar-refractivity contribution in [3.05, 3.63) is 83.4 Å². The predicted molar refractivity (Wildman–Crippen MR) is 131 cm³/mol. The lowest BCUT2D eigenvalue weighted by atomic mass is 10.1. The van der Waals surface area contributed by atoms with E-state index < -0.39 is 15.9 Å². The molecule has 1 N–H and O–H groups in total. The molecule has 3 aromatic carbocycles. The van der Waals surface area contributed by atoms with E-state index in [9.17, 15) is 13.2 Å². The molecule has 34 heavy (non-hydrogen) atoms. The van der Waals surface area contributed by atoms with Crippen LogP contribution in [0.5, 0.6) is 11.5 Å². The van der Waals surface area contributed by atoms with Crippen LogP contribution in [0.4, 0.5) is 5.69 Å². The number of fused-ring (bicyclic) bond motifs is 1. The summed E-state index contributed by atoms with van der Waals surface area (Å²) in [6.07, 6.45) is -0.373. The monoisotopic (exact) mass is 480 g/mol. The highest BCUT2D eigenvalue weighted by atomic mass is 32.2. The van der Waals surface area contributed by atoms with Crippen LogP contribution in [0.3, 0.4) is 0 Å². The highest BCUT2D eigenvalue weighted by Gasteiger charge is 2.28. The van der Waals surface area contributed by atoms with Crippen LogP contribution in [-0.2, 0) is 14.8 Å². The number of rotatable bonds is 7. The van der Waals surface area contributed by atoms with E-state index in [4.69, 9.17) is 9.47 Å². The molecular weight excluding hydrogens is 452 g/mol. The van der Waals surface area contributed by atoms with Crippen LogP contribution in [0.2, 0.25) is 0 Å². The summed E-state index contributed by atoms with van der Waals surface area (Å²) in [5.41, 5.74) is 3.36. The Kier molecular flexibility index (Phi) is 6.79. The molecule has 0 aliphatic carbocycles. The maximum Gasteiger partial charge on any atom is 0.264 e. The van der Waals surface area contributed by atoms with Gasteiger partial charge in [0, 0.05) is 0 Å². The molecule has 0 aromatic heterocycles. The van der Waals surface area contributed by atoms with Crippen molar-refractivity contribution in [3.63, 3.8) is 0 Å². The van der Waals surface area contributed by atoms with E-state index in [0.717, 1.165) is 21.0 Å². The third-order valence-electron chi connectivity index (χ3n) is 5.77. The molecule has 7 nitrogen and oxygen atoms in total. The van der Waals surface area contributed by atoms with E-state index >= 15 is 0 Å². The Bertz CT molecular complexity index is 1290. The molecule has 0 bridgehead atoms. The van der Waals surface area contributed by atoms with Crippen molar-refractivity contribution in [1.29, 1.82) is 0 Å². The first-order valence-electron chi connectivity index (χ1n) is 11.1. The lowest BCUT2D eigenvalue weighted by Crippen LogP contribution is -2.45. The van der Waals surface area contributed by atoms with E-state index in [1.54, 1.807) is 42.5 Å². The van der Waals surface area contributed by atoms with Crippen LogP contribution in [0.1, 0.15) is 16.7 Å². The topological polar surface area (TPSA) is 84.9 Å². The van der Waals surface area contributed by atoms with Crippen LogP contribution < -0.4 is 19.1 Å². The summed E-state index contributed by atoms with van der Waals surface area (Å²) >= 11 is 0. The second-order valence-electron chi connectivity index (χ2n) is 8.39. The SMILES string of the molecule is Cc1ccc(S(=O)(=O)N(CC(=O)NC[C@H]2COc3ccccc3O2)c2ccc(C)c(C)c2)cc1. The largest absolute Gasteiger partial charge is 0.486 e. The number of benzene rings is 3. The molecule has 0 spiro atoms. The van der Waals surface area contributed by atoms with Crippen molar-refractivity contribution in [2.24, 2.45) is 0 Å². The molecule has 8 heteroatoms. The van der Waals surface area contributed by atoms with Crippen LogP contribution in [0.15, 0.2) is 71.6 Å². The number of ether oxygens (including phenoxy) is 2. The van der Waals surface area contributed by atoms with Crippen LogP contribution >= 0.6 is 0 Å². The molecule has 1 atom stereocenters. The lowest BCUT2D eigenvalue weighted by molar-refractivity contribution is -0.120. The number of carbonyl (C=O) groups is 1. The molecule has 178 valence electrons. The average molecular weight is 481 g/mol. The number of sulfonamides is 1. The van der Waals surface area contributed by atoms with Crippen LogP contribution in [-0.4, -0.2) is 40.1 Å². The predicted octanol–water partition coefficient (Wildman–Crippen LogP) is 3.76. The Morgan fingerprint density at radius 3 is 2.38 bits per heavy atom. The number of hydrogen-bond acceptors (Lipinski definition) is 5. The quantitative estimate of drug-likeness (QED) is 0.557. The fraction of sp³-hybridized carbons (Fsp3) is 0.269. The standard InChI is InChI=1S/C26H28N2O5S/c1-18-8-12-23(13-9-18)34(30,31)28(21-11-10-19(2)20(3)14-21)16-26(29)27-15-22-17-32-24-6-4-5-7-25(24)33-22/h4-14,22H,15-17H2,1-3H3,(H,27,29)/t22-/m0/s1. The minimum Gasteiger partial charge on any atom is -0.486 e. The molecule has 3 aromatic rings. The maximum absolute atomic E-state index is 13.5. The summed E-state index contributed by atoms with van der Waals surface area (Å²) in [6, 6.07) is 19.3. The van der Waals surface area contributed by atoms with E-state index in [1.807, 2.05) is 45.0 Å². The van der Waals surface area contributed by atoms with Crippen molar-refractivity contribution in [2.45, 2.75) is 31.8 Å². The zero-order valence-corrected chi connectivity index (χ0v) is 20.3. The van der Waals surface area contributed by atoms with Gasteiger partial charge >= 0.3 is 0 Å². The summed E-state index contributed by atoms with van der Waals surface area (Å²) in [5.74, 6) is 0.846. The van der Waals surface area contributed by atoms with Gasteiger partial charge in [0.15, 0.2) is 11.5 Å². The Morgan fingerprint density at radius 1 is 0.971 bits per heavy atom. The number of nitrogens with one attached hydrogen (secondary N) is 1. The number of anilines is 1. The van der Waals surface area contributed by atoms with Gasteiger partial charge in [0.25, 0.3) is 10.0 Å². The van der Waals surface area contributed by atoms with Crippen molar-refractivity contribution in [3.8, 4) is 11.5 Å². The van der Waals surface area contributed by atoms with Gasteiger partial charge < -0.3 is 14.8 Å². The molecule has 0 fully saturated rings. The number of amides is 1.